The van der Waals surface area contributed by atoms with Gasteiger partial charge in [0.15, 0.2) is 0 Å². The maximum Gasteiger partial charge on any atom is 0.269 e. The number of anilines is 1. The van der Waals surface area contributed by atoms with Crippen molar-refractivity contribution in [2.24, 2.45) is 0 Å². The monoisotopic (exact) mass is 638 g/mol. The Labute approximate surface area is 267 Å². The number of hydrogen-bond donors (Lipinski definition) is 1. The predicted octanol–water partition coefficient (Wildman–Crippen LogP) is 5.66. The number of carbonyl (C=O) groups is 1. The number of hydrogen-bond acceptors (Lipinski definition) is 7. The highest BCUT2D eigenvalue weighted by Crippen LogP contribution is 2.31. The van der Waals surface area contributed by atoms with Crippen LogP contribution in [0.5, 0.6) is 0 Å². The number of fused-ring (bicyclic) bond motifs is 1. The molecule has 5 aromatic rings. The summed E-state index contributed by atoms with van der Waals surface area (Å²) in [5.74, 6) is -0.226. The largest absolute Gasteiger partial charge is 0.326 e. The van der Waals surface area contributed by atoms with Gasteiger partial charge in [-0.1, -0.05) is 23.8 Å². The van der Waals surface area contributed by atoms with E-state index in [2.05, 4.69) is 58.9 Å². The molecule has 46 heavy (non-hydrogen) atoms. The maximum absolute atomic E-state index is 13.4. The van der Waals surface area contributed by atoms with E-state index in [9.17, 15) is 23.3 Å². The second-order valence-corrected chi connectivity index (χ2v) is 13.5. The lowest BCUT2D eigenvalue weighted by molar-refractivity contribution is -0.384. The topological polar surface area (TPSA) is 130 Å². The molecule has 0 bridgehead atoms. The summed E-state index contributed by atoms with van der Waals surface area (Å²) in [4.78, 5) is 29.5. The van der Waals surface area contributed by atoms with E-state index in [0.717, 1.165) is 44.9 Å². The van der Waals surface area contributed by atoms with Crippen LogP contribution in [-0.4, -0.2) is 64.0 Å². The SMILES string of the molecule is CC(=O)Nc1ccc(S(=O)(=O)N2CCN(Cc3c(-c4ccc([N+](=O)[O-])cc4)nc4ccc(-c5cc(C)ccc5C)cn34)CC2)cc1. The highest BCUT2D eigenvalue weighted by Gasteiger charge is 2.29. The van der Waals surface area contributed by atoms with Gasteiger partial charge in [-0.05, 0) is 79.1 Å². The van der Waals surface area contributed by atoms with Gasteiger partial charge in [0.2, 0.25) is 15.9 Å². The Bertz CT molecular complexity index is 2050. The van der Waals surface area contributed by atoms with E-state index >= 15 is 0 Å². The number of rotatable bonds is 8. The van der Waals surface area contributed by atoms with E-state index in [1.54, 1.807) is 24.3 Å². The second kappa shape index (κ2) is 12.5. The number of pyridine rings is 1. The van der Waals surface area contributed by atoms with Crippen molar-refractivity contribution in [3.63, 3.8) is 0 Å². The van der Waals surface area contributed by atoms with Crippen molar-refractivity contribution >= 4 is 33.0 Å². The van der Waals surface area contributed by atoms with Crippen molar-refractivity contribution in [2.75, 3.05) is 31.5 Å². The Morgan fingerprint density at radius 1 is 0.913 bits per heavy atom. The molecule has 3 aromatic carbocycles. The average Bonchev–Trinajstić information content (AvgIpc) is 3.39. The zero-order valence-electron chi connectivity index (χ0n) is 25.8. The third kappa shape index (κ3) is 6.27. The van der Waals surface area contributed by atoms with Gasteiger partial charge >= 0.3 is 0 Å². The van der Waals surface area contributed by atoms with Crippen molar-refractivity contribution in [3.05, 3.63) is 112 Å². The number of nitrogens with one attached hydrogen (secondary N) is 1. The third-order valence-corrected chi connectivity index (χ3v) is 10.2. The molecule has 0 spiro atoms. The normalized spacial score (nSPS) is 14.4. The molecule has 11 nitrogen and oxygen atoms in total. The zero-order chi connectivity index (χ0) is 32.6. The van der Waals surface area contributed by atoms with E-state index in [0.29, 0.717) is 38.4 Å². The molecule has 0 unspecified atom stereocenters. The first kappa shape index (κ1) is 31.1. The van der Waals surface area contributed by atoms with Crippen LogP contribution >= 0.6 is 0 Å². The fraction of sp³-hybridized carbons (Fsp3) is 0.235. The van der Waals surface area contributed by atoms with Crippen LogP contribution in [0, 0.1) is 24.0 Å². The van der Waals surface area contributed by atoms with Gasteiger partial charge in [0, 0.05) is 69.2 Å². The van der Waals surface area contributed by atoms with Crippen LogP contribution < -0.4 is 5.32 Å². The molecule has 0 aliphatic carbocycles. The molecular formula is C34H34N6O5S. The van der Waals surface area contributed by atoms with Crippen molar-refractivity contribution < 1.29 is 18.1 Å². The van der Waals surface area contributed by atoms with E-state index in [4.69, 9.17) is 4.98 Å². The van der Waals surface area contributed by atoms with Crippen LogP contribution in [0.4, 0.5) is 11.4 Å². The number of nitro groups is 1. The third-order valence-electron chi connectivity index (χ3n) is 8.29. The van der Waals surface area contributed by atoms with Crippen LogP contribution in [0.3, 0.4) is 0 Å². The molecule has 1 amide bonds. The number of nitrogens with zero attached hydrogens (tertiary/aromatic N) is 5. The molecule has 6 rings (SSSR count). The molecule has 1 aliphatic heterocycles. The summed E-state index contributed by atoms with van der Waals surface area (Å²) >= 11 is 0. The number of non-ortho nitro benzene ring substituents is 1. The minimum atomic E-state index is -3.71. The molecule has 1 N–H and O–H groups in total. The number of sulfonamides is 1. The highest BCUT2D eigenvalue weighted by atomic mass is 32.2. The van der Waals surface area contributed by atoms with Gasteiger partial charge < -0.3 is 9.72 Å². The number of nitro benzene ring substituents is 1. The average molecular weight is 639 g/mol. The molecule has 0 saturated carbocycles. The Hall–Kier alpha value is -4.91. The second-order valence-electron chi connectivity index (χ2n) is 11.6. The summed E-state index contributed by atoms with van der Waals surface area (Å²) in [5, 5.41) is 14.0. The smallest absolute Gasteiger partial charge is 0.269 e. The van der Waals surface area contributed by atoms with E-state index in [1.807, 2.05) is 6.07 Å². The lowest BCUT2D eigenvalue weighted by Gasteiger charge is -2.34. The van der Waals surface area contributed by atoms with Gasteiger partial charge in [-0.15, -0.1) is 0 Å². The number of imidazole rings is 1. The van der Waals surface area contributed by atoms with Gasteiger partial charge in [-0.2, -0.15) is 4.31 Å². The maximum atomic E-state index is 13.4. The summed E-state index contributed by atoms with van der Waals surface area (Å²) in [6, 6.07) is 23.0. The Balaban J connectivity index is 1.29. The molecular weight excluding hydrogens is 604 g/mol. The fourth-order valence-electron chi connectivity index (χ4n) is 5.83. The lowest BCUT2D eigenvalue weighted by Crippen LogP contribution is -2.48. The van der Waals surface area contributed by atoms with Crippen molar-refractivity contribution in [1.29, 1.82) is 0 Å². The lowest BCUT2D eigenvalue weighted by atomic mass is 10.00. The Morgan fingerprint density at radius 2 is 1.59 bits per heavy atom. The molecule has 236 valence electrons. The number of aryl methyl sites for hydroxylation is 2. The standard InChI is InChI=1S/C34H34N6O5S/c1-23-4-5-24(2)31(20-23)27-8-15-33-36-34(26-6-11-29(12-7-26)40(42)43)32(39(33)21-27)22-37-16-18-38(19-17-37)46(44,45)30-13-9-28(10-14-30)35-25(3)41/h4-15,20-21H,16-19,22H2,1-3H3,(H,35,41). The Morgan fingerprint density at radius 3 is 2.24 bits per heavy atom. The first-order valence-corrected chi connectivity index (χ1v) is 16.4. The molecule has 1 fully saturated rings. The van der Waals surface area contributed by atoms with Gasteiger partial charge in [0.25, 0.3) is 5.69 Å². The van der Waals surface area contributed by atoms with Crippen LogP contribution in [0.15, 0.2) is 90.0 Å². The first-order chi connectivity index (χ1) is 22.0. The quantitative estimate of drug-likeness (QED) is 0.172. The number of carbonyl (C=O) groups excluding carboxylic acids is 1. The first-order valence-electron chi connectivity index (χ1n) is 14.9. The van der Waals surface area contributed by atoms with Crippen LogP contribution in [0.1, 0.15) is 23.7 Å². The molecule has 1 aliphatic rings. The van der Waals surface area contributed by atoms with Crippen LogP contribution in [-0.2, 0) is 21.4 Å². The van der Waals surface area contributed by atoms with Crippen molar-refractivity contribution in [2.45, 2.75) is 32.2 Å². The number of piperazine rings is 1. The van der Waals surface area contributed by atoms with Gasteiger partial charge in [0.05, 0.1) is 21.2 Å². The van der Waals surface area contributed by atoms with Gasteiger partial charge in [-0.3, -0.25) is 19.8 Å². The predicted molar refractivity (Wildman–Crippen MR) is 177 cm³/mol. The summed E-state index contributed by atoms with van der Waals surface area (Å²) < 4.78 is 30.4. The van der Waals surface area contributed by atoms with E-state index in [-0.39, 0.29) is 16.5 Å². The number of aromatic nitrogens is 2. The van der Waals surface area contributed by atoms with Crippen molar-refractivity contribution in [3.8, 4) is 22.4 Å². The van der Waals surface area contributed by atoms with E-state index < -0.39 is 14.9 Å². The molecule has 1 saturated heterocycles. The van der Waals surface area contributed by atoms with Crippen molar-refractivity contribution in [1.82, 2.24) is 18.6 Å². The Kier molecular flexibility index (Phi) is 8.43. The summed E-state index contributed by atoms with van der Waals surface area (Å²) in [6.45, 7) is 7.69. The number of amides is 1. The van der Waals surface area contributed by atoms with E-state index in [1.165, 1.54) is 35.5 Å². The summed E-state index contributed by atoms with van der Waals surface area (Å²) in [7, 11) is -3.71. The molecule has 0 radical (unpaired) electrons. The van der Waals surface area contributed by atoms with Gasteiger partial charge in [0.1, 0.15) is 5.65 Å². The zero-order valence-corrected chi connectivity index (χ0v) is 26.6. The molecule has 0 atom stereocenters. The molecule has 3 heterocycles. The van der Waals surface area contributed by atoms with Crippen LogP contribution in [0.2, 0.25) is 0 Å². The molecule has 2 aromatic heterocycles. The minimum Gasteiger partial charge on any atom is -0.326 e. The summed E-state index contributed by atoms with van der Waals surface area (Å²) in [6.07, 6.45) is 2.08. The number of benzene rings is 3. The molecule has 12 heteroatoms. The summed E-state index contributed by atoms with van der Waals surface area (Å²) in [5.41, 5.74) is 8.19. The highest BCUT2D eigenvalue weighted by molar-refractivity contribution is 7.89. The fourth-order valence-corrected chi connectivity index (χ4v) is 7.25. The van der Waals surface area contributed by atoms with Crippen LogP contribution in [0.25, 0.3) is 28.0 Å². The minimum absolute atomic E-state index is 0.00774. The van der Waals surface area contributed by atoms with Gasteiger partial charge in [-0.25, -0.2) is 13.4 Å².